The normalized spacial score (nSPS) is 12.9. The fraction of sp³-hybridized carbons (Fsp3) is 0.200. The summed E-state index contributed by atoms with van der Waals surface area (Å²) in [5.74, 6) is 0.0866. The van der Waals surface area contributed by atoms with Crippen molar-refractivity contribution in [2.45, 2.75) is 17.9 Å². The third kappa shape index (κ3) is 3.17. The van der Waals surface area contributed by atoms with E-state index in [9.17, 15) is 13.5 Å². The van der Waals surface area contributed by atoms with Crippen LogP contribution in [-0.4, -0.2) is 20.6 Å². The number of nitrogens with zero attached hydrogens (tertiary/aromatic N) is 1. The van der Waals surface area contributed by atoms with Crippen molar-refractivity contribution in [3.63, 3.8) is 0 Å². The Bertz CT molecular complexity index is 725. The van der Waals surface area contributed by atoms with Gasteiger partial charge < -0.3 is 10.8 Å². The van der Waals surface area contributed by atoms with Crippen LogP contribution in [0, 0.1) is 0 Å². The highest BCUT2D eigenvalue weighted by Crippen LogP contribution is 2.25. The molecule has 21 heavy (non-hydrogen) atoms. The zero-order valence-corrected chi connectivity index (χ0v) is 12.7. The highest BCUT2D eigenvalue weighted by Gasteiger charge is 2.21. The predicted octanol–water partition coefficient (Wildman–Crippen LogP) is 2.24. The first kappa shape index (κ1) is 15.3. The minimum Gasteiger partial charge on any atom is -0.508 e. The number of rotatable bonds is 4. The Kier molecular flexibility index (Phi) is 4.20. The summed E-state index contributed by atoms with van der Waals surface area (Å²) in [7, 11) is -2.19. The topological polar surface area (TPSA) is 83.6 Å². The van der Waals surface area contributed by atoms with Crippen molar-refractivity contribution in [1.29, 1.82) is 0 Å². The molecule has 2 aromatic carbocycles. The minimum absolute atomic E-state index is 0.0866. The number of phenolic OH excluding ortho intramolecular Hbond substituents is 1. The molecule has 3 N–H and O–H groups in total. The standard InChI is InChI=1S/C15H18N2O3S/c1-11(16)12-4-3-5-15(10-12)21(19,20)17(2)13-6-8-14(18)9-7-13/h3-11,18H,16H2,1-2H3. The SMILES string of the molecule is CC(N)c1cccc(S(=O)(=O)N(C)c2ccc(O)cc2)c1. The summed E-state index contributed by atoms with van der Waals surface area (Å²) in [6.07, 6.45) is 0. The highest BCUT2D eigenvalue weighted by molar-refractivity contribution is 7.92. The zero-order valence-electron chi connectivity index (χ0n) is 11.9. The van der Waals surface area contributed by atoms with E-state index in [0.717, 1.165) is 5.56 Å². The van der Waals surface area contributed by atoms with Gasteiger partial charge in [-0.25, -0.2) is 8.42 Å². The molecular weight excluding hydrogens is 288 g/mol. The number of anilines is 1. The molecule has 0 aliphatic heterocycles. The van der Waals surface area contributed by atoms with E-state index in [-0.39, 0.29) is 16.7 Å². The second kappa shape index (κ2) is 5.75. The van der Waals surface area contributed by atoms with Crippen LogP contribution in [-0.2, 0) is 10.0 Å². The van der Waals surface area contributed by atoms with Gasteiger partial charge in [0.1, 0.15) is 5.75 Å². The molecule has 0 radical (unpaired) electrons. The van der Waals surface area contributed by atoms with E-state index in [2.05, 4.69) is 0 Å². The molecule has 5 nitrogen and oxygen atoms in total. The van der Waals surface area contributed by atoms with Crippen molar-refractivity contribution in [3.05, 3.63) is 54.1 Å². The molecule has 2 aromatic rings. The molecule has 0 saturated carbocycles. The molecule has 0 aliphatic rings. The minimum atomic E-state index is -3.66. The first-order valence-electron chi connectivity index (χ1n) is 6.46. The highest BCUT2D eigenvalue weighted by atomic mass is 32.2. The third-order valence-corrected chi connectivity index (χ3v) is 5.04. The monoisotopic (exact) mass is 306 g/mol. The molecule has 0 spiro atoms. The van der Waals surface area contributed by atoms with Gasteiger partial charge in [0.15, 0.2) is 0 Å². The number of hydrogen-bond acceptors (Lipinski definition) is 4. The Labute approximate surface area is 124 Å². The van der Waals surface area contributed by atoms with Crippen LogP contribution < -0.4 is 10.0 Å². The molecule has 0 aliphatic carbocycles. The number of aromatic hydroxyl groups is 1. The summed E-state index contributed by atoms with van der Waals surface area (Å²) in [6, 6.07) is 12.3. The molecule has 2 rings (SSSR count). The van der Waals surface area contributed by atoms with Crippen LogP contribution in [0.25, 0.3) is 0 Å². The first-order chi connectivity index (χ1) is 9.82. The van der Waals surface area contributed by atoms with Crippen LogP contribution in [0.3, 0.4) is 0 Å². The van der Waals surface area contributed by atoms with Crippen LogP contribution in [0.5, 0.6) is 5.75 Å². The molecular formula is C15H18N2O3S. The summed E-state index contributed by atoms with van der Waals surface area (Å²) in [4.78, 5) is 0.188. The number of nitrogens with two attached hydrogens (primary N) is 1. The molecule has 0 bridgehead atoms. The lowest BCUT2D eigenvalue weighted by Gasteiger charge is -2.20. The van der Waals surface area contributed by atoms with Crippen molar-refractivity contribution in [1.82, 2.24) is 0 Å². The van der Waals surface area contributed by atoms with E-state index in [1.54, 1.807) is 37.3 Å². The summed E-state index contributed by atoms with van der Waals surface area (Å²) in [5.41, 5.74) is 7.02. The fourth-order valence-corrected chi connectivity index (χ4v) is 3.17. The molecule has 0 amide bonds. The third-order valence-electron chi connectivity index (χ3n) is 3.26. The van der Waals surface area contributed by atoms with Gasteiger partial charge >= 0.3 is 0 Å². The van der Waals surface area contributed by atoms with Crippen LogP contribution >= 0.6 is 0 Å². The largest absolute Gasteiger partial charge is 0.508 e. The number of benzene rings is 2. The van der Waals surface area contributed by atoms with Crippen LogP contribution in [0.4, 0.5) is 5.69 Å². The molecule has 0 heterocycles. The van der Waals surface area contributed by atoms with Gasteiger partial charge in [-0.15, -0.1) is 0 Å². The van der Waals surface area contributed by atoms with Gasteiger partial charge in [-0.1, -0.05) is 12.1 Å². The Balaban J connectivity index is 2.41. The molecule has 112 valence electrons. The Morgan fingerprint density at radius 2 is 1.76 bits per heavy atom. The second-order valence-electron chi connectivity index (χ2n) is 4.85. The van der Waals surface area contributed by atoms with E-state index >= 15 is 0 Å². The lowest BCUT2D eigenvalue weighted by atomic mass is 10.1. The van der Waals surface area contributed by atoms with Crippen molar-refractivity contribution in [2.75, 3.05) is 11.4 Å². The zero-order chi connectivity index (χ0) is 15.6. The lowest BCUT2D eigenvalue weighted by molar-refractivity contribution is 0.475. The van der Waals surface area contributed by atoms with E-state index < -0.39 is 10.0 Å². The molecule has 1 atom stereocenters. The quantitative estimate of drug-likeness (QED) is 0.907. The van der Waals surface area contributed by atoms with E-state index in [1.807, 2.05) is 0 Å². The van der Waals surface area contributed by atoms with Gasteiger partial charge in [-0.2, -0.15) is 0 Å². The smallest absolute Gasteiger partial charge is 0.264 e. The molecule has 1 unspecified atom stereocenters. The van der Waals surface area contributed by atoms with Gasteiger partial charge in [-0.3, -0.25) is 4.31 Å². The maximum atomic E-state index is 12.6. The molecule has 0 aromatic heterocycles. The van der Waals surface area contributed by atoms with Gasteiger partial charge in [-0.05, 0) is 48.9 Å². The maximum Gasteiger partial charge on any atom is 0.264 e. The summed E-state index contributed by atoms with van der Waals surface area (Å²) in [5, 5.41) is 9.27. The predicted molar refractivity (Wildman–Crippen MR) is 82.7 cm³/mol. The number of hydrogen-bond donors (Lipinski definition) is 2. The van der Waals surface area contributed by atoms with Crippen molar-refractivity contribution in [2.24, 2.45) is 5.73 Å². The Hall–Kier alpha value is -2.05. The number of sulfonamides is 1. The van der Waals surface area contributed by atoms with Crippen molar-refractivity contribution in [3.8, 4) is 5.75 Å². The average Bonchev–Trinajstić information content (AvgIpc) is 2.47. The molecule has 0 saturated heterocycles. The van der Waals surface area contributed by atoms with Gasteiger partial charge in [0, 0.05) is 13.1 Å². The average molecular weight is 306 g/mol. The summed E-state index contributed by atoms with van der Waals surface area (Å²) < 4.78 is 26.4. The van der Waals surface area contributed by atoms with Crippen molar-refractivity contribution >= 4 is 15.7 Å². The molecule has 6 heteroatoms. The second-order valence-corrected chi connectivity index (χ2v) is 6.82. The molecule has 0 fully saturated rings. The van der Waals surface area contributed by atoms with E-state index in [4.69, 9.17) is 5.73 Å². The van der Waals surface area contributed by atoms with Crippen molar-refractivity contribution < 1.29 is 13.5 Å². The van der Waals surface area contributed by atoms with Gasteiger partial charge in [0.25, 0.3) is 10.0 Å². The number of phenols is 1. The van der Waals surface area contributed by atoms with Gasteiger partial charge in [0.05, 0.1) is 10.6 Å². The fourth-order valence-electron chi connectivity index (χ4n) is 1.92. The summed E-state index contributed by atoms with van der Waals surface area (Å²) >= 11 is 0. The summed E-state index contributed by atoms with van der Waals surface area (Å²) in [6.45, 7) is 1.80. The Morgan fingerprint density at radius 1 is 1.14 bits per heavy atom. The van der Waals surface area contributed by atoms with E-state index in [0.29, 0.717) is 5.69 Å². The van der Waals surface area contributed by atoms with Crippen LogP contribution in [0.1, 0.15) is 18.5 Å². The van der Waals surface area contributed by atoms with Gasteiger partial charge in [0.2, 0.25) is 0 Å². The maximum absolute atomic E-state index is 12.6. The Morgan fingerprint density at radius 3 is 2.33 bits per heavy atom. The van der Waals surface area contributed by atoms with Crippen LogP contribution in [0.15, 0.2) is 53.4 Å². The van der Waals surface area contributed by atoms with E-state index in [1.165, 1.54) is 29.6 Å². The van der Waals surface area contributed by atoms with Crippen LogP contribution in [0.2, 0.25) is 0 Å². The first-order valence-corrected chi connectivity index (χ1v) is 7.90. The lowest BCUT2D eigenvalue weighted by Crippen LogP contribution is -2.26.